The Bertz CT molecular complexity index is 420. The molecule has 1 unspecified atom stereocenters. The molecule has 2 aliphatic rings. The van der Waals surface area contributed by atoms with E-state index in [1.807, 2.05) is 6.07 Å². The molecule has 1 N–H and O–H groups in total. The van der Waals surface area contributed by atoms with E-state index in [4.69, 9.17) is 11.6 Å². The van der Waals surface area contributed by atoms with Gasteiger partial charge in [0, 0.05) is 25.2 Å². The molecule has 17 heavy (non-hydrogen) atoms. The Kier molecular flexibility index (Phi) is 2.97. The van der Waals surface area contributed by atoms with E-state index in [-0.39, 0.29) is 10.8 Å². The van der Waals surface area contributed by atoms with E-state index in [0.717, 1.165) is 19.5 Å². The molecule has 1 aliphatic heterocycles. The molecule has 1 aliphatic carbocycles. The van der Waals surface area contributed by atoms with Gasteiger partial charge >= 0.3 is 0 Å². The molecule has 92 valence electrons. The second-order valence-corrected chi connectivity index (χ2v) is 5.35. The lowest BCUT2D eigenvalue weighted by molar-refractivity contribution is 0.547. The molecule has 0 aromatic heterocycles. The van der Waals surface area contributed by atoms with Crippen LogP contribution in [0.15, 0.2) is 18.2 Å². The van der Waals surface area contributed by atoms with E-state index in [9.17, 15) is 4.39 Å². The van der Waals surface area contributed by atoms with E-state index in [1.165, 1.54) is 12.8 Å². The van der Waals surface area contributed by atoms with Gasteiger partial charge in [-0.1, -0.05) is 17.7 Å². The number of hydrogen-bond acceptors (Lipinski definition) is 2. The van der Waals surface area contributed by atoms with Gasteiger partial charge in [0.1, 0.15) is 0 Å². The number of nitrogens with zero attached hydrogens (tertiary/aromatic N) is 1. The summed E-state index contributed by atoms with van der Waals surface area (Å²) in [5.41, 5.74) is 0.637. The fourth-order valence-corrected chi connectivity index (χ4v) is 2.60. The molecule has 0 spiro atoms. The van der Waals surface area contributed by atoms with Gasteiger partial charge in [-0.15, -0.1) is 0 Å². The predicted octanol–water partition coefficient (Wildman–Crippen LogP) is 2.81. The van der Waals surface area contributed by atoms with E-state index >= 15 is 0 Å². The van der Waals surface area contributed by atoms with Crippen LogP contribution >= 0.6 is 11.6 Å². The van der Waals surface area contributed by atoms with Crippen LogP contribution in [0.1, 0.15) is 19.3 Å². The maximum atomic E-state index is 13.9. The Balaban J connectivity index is 1.70. The minimum absolute atomic E-state index is 0.209. The fourth-order valence-electron chi connectivity index (χ4n) is 2.44. The van der Waals surface area contributed by atoms with Gasteiger partial charge in [0.15, 0.2) is 5.82 Å². The Morgan fingerprint density at radius 1 is 1.24 bits per heavy atom. The Hall–Kier alpha value is -0.800. The van der Waals surface area contributed by atoms with Gasteiger partial charge in [0.05, 0.1) is 10.7 Å². The molecule has 1 atom stereocenters. The number of benzene rings is 1. The van der Waals surface area contributed by atoms with E-state index < -0.39 is 0 Å². The third-order valence-corrected chi connectivity index (χ3v) is 3.80. The Morgan fingerprint density at radius 2 is 2.06 bits per heavy atom. The zero-order valence-corrected chi connectivity index (χ0v) is 10.4. The second kappa shape index (κ2) is 4.46. The SMILES string of the molecule is Fc1c(Cl)cccc1N1CCC(NC2CC2)C1. The van der Waals surface area contributed by atoms with Crippen molar-refractivity contribution in [2.24, 2.45) is 0 Å². The van der Waals surface area contributed by atoms with E-state index in [2.05, 4.69) is 10.2 Å². The zero-order valence-electron chi connectivity index (χ0n) is 9.63. The average molecular weight is 255 g/mol. The van der Waals surface area contributed by atoms with Crippen LogP contribution in [0.5, 0.6) is 0 Å². The molecule has 1 aromatic carbocycles. The molecule has 1 saturated carbocycles. The first-order valence-corrected chi connectivity index (χ1v) is 6.57. The average Bonchev–Trinajstić information content (AvgIpc) is 3.00. The molecule has 0 radical (unpaired) electrons. The first kappa shape index (κ1) is 11.3. The summed E-state index contributed by atoms with van der Waals surface area (Å²) in [4.78, 5) is 2.08. The van der Waals surface area contributed by atoms with Gasteiger partial charge in [-0.25, -0.2) is 4.39 Å². The van der Waals surface area contributed by atoms with Crippen molar-refractivity contribution >= 4 is 17.3 Å². The van der Waals surface area contributed by atoms with Crippen molar-refractivity contribution in [1.29, 1.82) is 0 Å². The van der Waals surface area contributed by atoms with Crippen LogP contribution in [-0.4, -0.2) is 25.2 Å². The van der Waals surface area contributed by atoms with Crippen LogP contribution in [-0.2, 0) is 0 Å². The number of hydrogen-bond donors (Lipinski definition) is 1. The van der Waals surface area contributed by atoms with E-state index in [0.29, 0.717) is 17.8 Å². The first-order valence-electron chi connectivity index (χ1n) is 6.19. The molecule has 2 fully saturated rings. The van der Waals surface area contributed by atoms with Crippen molar-refractivity contribution in [2.75, 3.05) is 18.0 Å². The van der Waals surface area contributed by atoms with Crippen LogP contribution in [0.3, 0.4) is 0 Å². The van der Waals surface area contributed by atoms with Crippen LogP contribution in [0, 0.1) is 5.82 Å². The molecular formula is C13H16ClFN2. The number of rotatable bonds is 3. The highest BCUT2D eigenvalue weighted by Gasteiger charge is 2.30. The van der Waals surface area contributed by atoms with Gasteiger partial charge in [-0.2, -0.15) is 0 Å². The minimum Gasteiger partial charge on any atom is -0.368 e. The fraction of sp³-hybridized carbons (Fsp3) is 0.538. The van der Waals surface area contributed by atoms with Crippen molar-refractivity contribution in [3.05, 3.63) is 29.0 Å². The highest BCUT2D eigenvalue weighted by molar-refractivity contribution is 6.31. The molecule has 0 amide bonds. The lowest BCUT2D eigenvalue weighted by Crippen LogP contribution is -2.34. The Morgan fingerprint density at radius 3 is 2.82 bits per heavy atom. The van der Waals surface area contributed by atoms with Crippen molar-refractivity contribution in [1.82, 2.24) is 5.32 Å². The lowest BCUT2D eigenvalue weighted by atomic mass is 10.2. The zero-order chi connectivity index (χ0) is 11.8. The molecule has 2 nitrogen and oxygen atoms in total. The summed E-state index contributed by atoms with van der Waals surface area (Å²) >= 11 is 5.81. The molecule has 3 rings (SSSR count). The summed E-state index contributed by atoms with van der Waals surface area (Å²) in [6.45, 7) is 1.79. The van der Waals surface area contributed by atoms with Crippen molar-refractivity contribution in [3.63, 3.8) is 0 Å². The van der Waals surface area contributed by atoms with Gasteiger partial charge < -0.3 is 10.2 Å². The van der Waals surface area contributed by atoms with Crippen LogP contribution in [0.4, 0.5) is 10.1 Å². The van der Waals surface area contributed by atoms with Gasteiger partial charge in [0.25, 0.3) is 0 Å². The molecule has 4 heteroatoms. The molecular weight excluding hydrogens is 239 g/mol. The maximum Gasteiger partial charge on any atom is 0.165 e. The summed E-state index contributed by atoms with van der Waals surface area (Å²) < 4.78 is 13.9. The highest BCUT2D eigenvalue weighted by Crippen LogP contribution is 2.29. The molecule has 1 aromatic rings. The van der Waals surface area contributed by atoms with Crippen LogP contribution in [0.25, 0.3) is 0 Å². The summed E-state index contributed by atoms with van der Waals surface area (Å²) in [6.07, 6.45) is 3.67. The third-order valence-electron chi connectivity index (χ3n) is 3.51. The topological polar surface area (TPSA) is 15.3 Å². The number of nitrogens with one attached hydrogen (secondary N) is 1. The number of halogens is 2. The van der Waals surface area contributed by atoms with Crippen molar-refractivity contribution in [2.45, 2.75) is 31.3 Å². The standard InChI is InChI=1S/C13H16ClFN2/c14-11-2-1-3-12(13(11)15)17-7-6-10(8-17)16-9-4-5-9/h1-3,9-10,16H,4-8H2. The third kappa shape index (κ3) is 2.40. The van der Waals surface area contributed by atoms with Gasteiger partial charge in [0.2, 0.25) is 0 Å². The smallest absolute Gasteiger partial charge is 0.165 e. The largest absolute Gasteiger partial charge is 0.368 e. The highest BCUT2D eigenvalue weighted by atomic mass is 35.5. The predicted molar refractivity (Wildman–Crippen MR) is 68.2 cm³/mol. The molecule has 1 saturated heterocycles. The quantitative estimate of drug-likeness (QED) is 0.892. The van der Waals surface area contributed by atoms with Crippen LogP contribution in [0.2, 0.25) is 5.02 Å². The minimum atomic E-state index is -0.291. The van der Waals surface area contributed by atoms with Crippen LogP contribution < -0.4 is 10.2 Å². The summed E-state index contributed by atoms with van der Waals surface area (Å²) in [5.74, 6) is -0.291. The molecule has 1 heterocycles. The molecule has 0 bridgehead atoms. The van der Waals surface area contributed by atoms with Gasteiger partial charge in [-0.05, 0) is 31.4 Å². The maximum absolute atomic E-state index is 13.9. The van der Waals surface area contributed by atoms with Gasteiger partial charge in [-0.3, -0.25) is 0 Å². The van der Waals surface area contributed by atoms with E-state index in [1.54, 1.807) is 12.1 Å². The number of anilines is 1. The first-order chi connectivity index (χ1) is 8.24. The van der Waals surface area contributed by atoms with Crippen molar-refractivity contribution < 1.29 is 4.39 Å². The summed E-state index contributed by atoms with van der Waals surface area (Å²) in [5, 5.41) is 3.80. The lowest BCUT2D eigenvalue weighted by Gasteiger charge is -2.20. The Labute approximate surface area is 106 Å². The van der Waals surface area contributed by atoms with Crippen molar-refractivity contribution in [3.8, 4) is 0 Å². The second-order valence-electron chi connectivity index (χ2n) is 4.95. The normalized spacial score (nSPS) is 24.4. The summed E-state index contributed by atoms with van der Waals surface area (Å²) in [6, 6.07) is 6.42. The monoisotopic (exact) mass is 254 g/mol. The summed E-state index contributed by atoms with van der Waals surface area (Å²) in [7, 11) is 0.